The highest BCUT2D eigenvalue weighted by molar-refractivity contribution is 6.87. The van der Waals surface area contributed by atoms with E-state index in [2.05, 4.69) is 297 Å². The molecule has 0 aliphatic carbocycles. The highest BCUT2D eigenvalue weighted by atomic mass is 16.5. The van der Waals surface area contributed by atoms with Crippen LogP contribution in [-0.2, 0) is 0 Å². The molecule has 0 bridgehead atoms. The number of fused-ring (bicyclic) bond motifs is 6. The molecule has 5 heterocycles. The third-order valence-electron chi connectivity index (χ3n) is 15.7. The largest absolute Gasteiger partial charge is 0.550 e. The fourth-order valence-electron chi connectivity index (χ4n) is 12.2. The molecular weight excluding hydrogens is 1010 g/mol. The molecule has 0 saturated heterocycles. The van der Waals surface area contributed by atoms with E-state index in [1.165, 1.54) is 0 Å². The Labute approximate surface area is 476 Å². The molecular formula is C71H48B2N5O4+. The zero-order valence-electron chi connectivity index (χ0n) is 44.2. The number of anilines is 12. The SMILES string of the molecule is c1ccc(N(c2ccccc2)c2cc3c4c(c2)N(c2ccccc2)c2ccccc2OB4c2cc4c([n+](-c5ccccc5)c2O3)Oc2cc(N(c3ccccc3)c3ccccc3)cc3c2B4Oc2ccccc2N3c2ccccc2)cc1. The Hall–Kier alpha value is -10.9. The number of pyridine rings is 1. The molecule has 4 aliphatic rings. The molecule has 0 saturated carbocycles. The summed E-state index contributed by atoms with van der Waals surface area (Å²) < 4.78 is 32.7. The molecule has 1 aromatic heterocycles. The fraction of sp³-hybridized carbons (Fsp3) is 0. The number of para-hydroxylation sites is 11. The zero-order chi connectivity index (χ0) is 54.1. The predicted octanol–water partition coefficient (Wildman–Crippen LogP) is 15.1. The second kappa shape index (κ2) is 19.5. The Balaban J connectivity index is 0.986. The first kappa shape index (κ1) is 47.1. The number of benzene rings is 11. The molecule has 0 fully saturated rings. The van der Waals surface area contributed by atoms with E-state index < -0.39 is 13.8 Å². The van der Waals surface area contributed by atoms with Crippen LogP contribution in [-0.4, -0.2) is 13.8 Å². The number of hydrogen-bond acceptors (Lipinski definition) is 8. The fourth-order valence-corrected chi connectivity index (χ4v) is 12.2. The van der Waals surface area contributed by atoms with Crippen LogP contribution in [0.4, 0.5) is 68.2 Å². The predicted molar refractivity (Wildman–Crippen MR) is 331 cm³/mol. The van der Waals surface area contributed by atoms with E-state index in [9.17, 15) is 0 Å². The highest BCUT2D eigenvalue weighted by Gasteiger charge is 2.53. The van der Waals surface area contributed by atoms with Crippen molar-refractivity contribution in [3.63, 3.8) is 0 Å². The minimum absolute atomic E-state index is 0.553. The van der Waals surface area contributed by atoms with Gasteiger partial charge in [-0.2, -0.15) is 0 Å². The molecule has 0 radical (unpaired) electrons. The number of aromatic nitrogens is 1. The standard InChI is InChI=1S/C71H48B2N5O4/c1-8-26-49(27-9-1)74(50-28-10-2-11-29-50)56-44-62-68-66(46-56)79-70-58(72(68)81-64-42-24-22-40-60(64)76(62)53-34-16-5-17-35-53)48-59-71(78(70)55-38-20-7-21-39-55)80-67-47-57(75(51-30-12-3-13-31-51)52-32-14-4-15-33-52)45-63-69(67)73(59)82-65-43-25-23-41-61(65)77(63)54-36-18-6-19-37-54/h1-48H/q+1. The maximum atomic E-state index is 7.70. The van der Waals surface area contributed by atoms with Crippen LogP contribution in [0.2, 0.25) is 0 Å². The summed E-state index contributed by atoms with van der Waals surface area (Å²) in [6.07, 6.45) is 0. The van der Waals surface area contributed by atoms with Crippen LogP contribution in [0.5, 0.6) is 34.8 Å². The summed E-state index contributed by atoms with van der Waals surface area (Å²) in [6, 6.07) is 101. The van der Waals surface area contributed by atoms with E-state index in [4.69, 9.17) is 18.8 Å². The van der Waals surface area contributed by atoms with Crippen molar-refractivity contribution in [1.82, 2.24) is 0 Å². The van der Waals surface area contributed by atoms with E-state index in [-0.39, 0.29) is 0 Å². The molecule has 4 aliphatic heterocycles. The van der Waals surface area contributed by atoms with E-state index in [0.717, 1.165) is 107 Å². The summed E-state index contributed by atoms with van der Waals surface area (Å²) in [5, 5.41) is 0. The monoisotopic (exact) mass is 1060 g/mol. The Morgan fingerprint density at radius 2 is 0.622 bits per heavy atom. The van der Waals surface area contributed by atoms with Gasteiger partial charge in [0.2, 0.25) is 5.69 Å². The Kier molecular flexibility index (Phi) is 11.2. The summed E-state index contributed by atoms with van der Waals surface area (Å²) >= 11 is 0. The summed E-state index contributed by atoms with van der Waals surface area (Å²) in [5.74, 6) is 3.82. The van der Waals surface area contributed by atoms with Gasteiger partial charge in [-0.3, -0.25) is 0 Å². The smallest absolute Gasteiger partial charge is 0.443 e. The summed E-state index contributed by atoms with van der Waals surface area (Å²) in [7, 11) is 0. The van der Waals surface area contributed by atoms with E-state index in [0.29, 0.717) is 23.3 Å². The molecule has 0 atom stereocenters. The van der Waals surface area contributed by atoms with Gasteiger partial charge in [-0.05, 0) is 115 Å². The van der Waals surface area contributed by atoms with Crippen molar-refractivity contribution in [2.24, 2.45) is 0 Å². The Morgan fingerprint density at radius 3 is 1.00 bits per heavy atom. The zero-order valence-corrected chi connectivity index (χ0v) is 44.2. The van der Waals surface area contributed by atoms with E-state index in [1.807, 2.05) is 18.2 Å². The van der Waals surface area contributed by atoms with Gasteiger partial charge in [-0.1, -0.05) is 156 Å². The van der Waals surface area contributed by atoms with Crippen molar-refractivity contribution in [1.29, 1.82) is 0 Å². The first-order valence-electron chi connectivity index (χ1n) is 27.6. The third kappa shape index (κ3) is 7.77. The van der Waals surface area contributed by atoms with Crippen molar-refractivity contribution in [3.05, 3.63) is 291 Å². The lowest BCUT2D eigenvalue weighted by Crippen LogP contribution is -2.62. The quantitative estimate of drug-likeness (QED) is 0.105. The van der Waals surface area contributed by atoms with E-state index >= 15 is 0 Å². The van der Waals surface area contributed by atoms with Gasteiger partial charge in [0.1, 0.15) is 23.0 Å². The van der Waals surface area contributed by atoms with Crippen LogP contribution in [0, 0.1) is 0 Å². The van der Waals surface area contributed by atoms with Gasteiger partial charge in [0.25, 0.3) is 0 Å². The lowest BCUT2D eigenvalue weighted by molar-refractivity contribution is -0.605. The number of hydrogen-bond donors (Lipinski definition) is 0. The van der Waals surface area contributed by atoms with Crippen molar-refractivity contribution in [3.8, 4) is 40.4 Å². The van der Waals surface area contributed by atoms with Crippen LogP contribution in [0.15, 0.2) is 291 Å². The molecule has 9 nitrogen and oxygen atoms in total. The van der Waals surface area contributed by atoms with E-state index in [1.54, 1.807) is 0 Å². The molecule has 11 heteroatoms. The summed E-state index contributed by atoms with van der Waals surface area (Å²) in [4.78, 5) is 9.19. The van der Waals surface area contributed by atoms with Crippen molar-refractivity contribution < 1.29 is 23.3 Å². The highest BCUT2D eigenvalue weighted by Crippen LogP contribution is 2.50. The van der Waals surface area contributed by atoms with Crippen molar-refractivity contribution in [2.45, 2.75) is 0 Å². The topological polar surface area (TPSA) is 53.8 Å². The molecule has 386 valence electrons. The van der Waals surface area contributed by atoms with Crippen LogP contribution in [0.1, 0.15) is 0 Å². The van der Waals surface area contributed by atoms with Gasteiger partial charge in [0.05, 0.1) is 45.0 Å². The minimum Gasteiger partial charge on any atom is -0.550 e. The molecule has 12 aromatic rings. The molecule has 16 rings (SSSR count). The number of ether oxygens (including phenoxy) is 2. The first-order chi connectivity index (χ1) is 40.7. The molecule has 0 spiro atoms. The first-order valence-corrected chi connectivity index (χ1v) is 27.6. The second-order valence-electron chi connectivity index (χ2n) is 20.6. The molecule has 82 heavy (non-hydrogen) atoms. The lowest BCUT2D eigenvalue weighted by Gasteiger charge is -2.33. The molecule has 0 amide bonds. The van der Waals surface area contributed by atoms with Crippen LogP contribution in [0.3, 0.4) is 0 Å². The van der Waals surface area contributed by atoms with Crippen molar-refractivity contribution in [2.75, 3.05) is 19.6 Å². The van der Waals surface area contributed by atoms with Crippen LogP contribution >= 0.6 is 0 Å². The van der Waals surface area contributed by atoms with Gasteiger partial charge in [-0.25, -0.2) is 0 Å². The van der Waals surface area contributed by atoms with Gasteiger partial charge < -0.3 is 38.4 Å². The Morgan fingerprint density at radius 1 is 0.293 bits per heavy atom. The maximum absolute atomic E-state index is 7.70. The van der Waals surface area contributed by atoms with Crippen LogP contribution < -0.4 is 64.8 Å². The average molecular weight is 1060 g/mol. The average Bonchev–Trinajstić information content (AvgIpc) is 2.30. The van der Waals surface area contributed by atoms with Gasteiger partial charge >= 0.3 is 25.6 Å². The maximum Gasteiger partial charge on any atom is 0.443 e. The minimum atomic E-state index is -0.688. The van der Waals surface area contributed by atoms with Gasteiger partial charge in [0, 0.05) is 69.3 Å². The number of rotatable bonds is 9. The summed E-state index contributed by atoms with van der Waals surface area (Å²) in [5.41, 5.74) is 15.6. The van der Waals surface area contributed by atoms with Crippen molar-refractivity contribution >= 4 is 104 Å². The van der Waals surface area contributed by atoms with Gasteiger partial charge in [0.15, 0.2) is 0 Å². The normalized spacial score (nSPS) is 12.9. The molecule has 0 unspecified atom stereocenters. The molecule has 11 aromatic carbocycles. The summed E-state index contributed by atoms with van der Waals surface area (Å²) in [6.45, 7) is -1.38. The Bertz CT molecular complexity index is 4040. The lowest BCUT2D eigenvalue weighted by atomic mass is 9.49. The third-order valence-corrected chi connectivity index (χ3v) is 15.7. The van der Waals surface area contributed by atoms with Gasteiger partial charge in [-0.15, -0.1) is 0 Å². The molecule has 0 N–H and O–H groups in total. The second-order valence-corrected chi connectivity index (χ2v) is 20.6. The number of nitrogens with zero attached hydrogens (tertiary/aromatic N) is 5. The van der Waals surface area contributed by atoms with Crippen LogP contribution in [0.25, 0.3) is 5.69 Å².